The summed E-state index contributed by atoms with van der Waals surface area (Å²) in [6.45, 7) is 3.59. The minimum atomic E-state index is -3.31. The Hall–Kier alpha value is -2.14. The fraction of sp³-hybridized carbons (Fsp3) is 0.350. The van der Waals surface area contributed by atoms with Crippen LogP contribution in [-0.4, -0.2) is 38.0 Å². The predicted octanol–water partition coefficient (Wildman–Crippen LogP) is 3.58. The first kappa shape index (κ1) is 16.3. The summed E-state index contributed by atoms with van der Waals surface area (Å²) < 4.78 is 28.1. The zero-order valence-corrected chi connectivity index (χ0v) is 15.2. The molecule has 4 rings (SSSR count). The number of amidine groups is 1. The maximum Gasteiger partial charge on any atom is 0.256 e. The Labute approximate surface area is 149 Å². The molecule has 2 aromatic carbocycles. The van der Waals surface area contributed by atoms with E-state index in [1.165, 1.54) is 16.7 Å². The molecule has 4 nitrogen and oxygen atoms in total. The van der Waals surface area contributed by atoms with Crippen LogP contribution in [0.15, 0.2) is 52.9 Å². The fourth-order valence-corrected chi connectivity index (χ4v) is 4.94. The van der Waals surface area contributed by atoms with Crippen LogP contribution in [0, 0.1) is 6.92 Å². The second kappa shape index (κ2) is 6.30. The van der Waals surface area contributed by atoms with Crippen molar-refractivity contribution in [3.8, 4) is 11.1 Å². The van der Waals surface area contributed by atoms with E-state index >= 15 is 0 Å². The molecule has 0 aromatic heterocycles. The number of hydrogen-bond acceptors (Lipinski definition) is 3. The topological polar surface area (TPSA) is 49.7 Å². The van der Waals surface area contributed by atoms with Crippen LogP contribution in [0.5, 0.6) is 0 Å². The van der Waals surface area contributed by atoms with E-state index in [9.17, 15) is 8.42 Å². The van der Waals surface area contributed by atoms with Crippen LogP contribution in [0.2, 0.25) is 0 Å². The van der Waals surface area contributed by atoms with Crippen molar-refractivity contribution in [2.24, 2.45) is 4.40 Å². The number of rotatable bonds is 2. The Balaban J connectivity index is 1.72. The number of hydrogen-bond donors (Lipinski definition) is 0. The van der Waals surface area contributed by atoms with E-state index in [4.69, 9.17) is 0 Å². The highest BCUT2D eigenvalue weighted by Gasteiger charge is 2.33. The Morgan fingerprint density at radius 3 is 2.64 bits per heavy atom. The van der Waals surface area contributed by atoms with Gasteiger partial charge in [-0.2, -0.15) is 0 Å². The summed E-state index contributed by atoms with van der Waals surface area (Å²) in [5.74, 6) is 0.951. The third-order valence-electron chi connectivity index (χ3n) is 5.15. The first-order valence-corrected chi connectivity index (χ1v) is 10.4. The van der Waals surface area contributed by atoms with E-state index in [1.807, 2.05) is 18.2 Å². The molecule has 0 N–H and O–H groups in total. The smallest absolute Gasteiger partial charge is 0.256 e. The van der Waals surface area contributed by atoms with Gasteiger partial charge in [-0.15, -0.1) is 4.40 Å². The van der Waals surface area contributed by atoms with Crippen molar-refractivity contribution >= 4 is 15.9 Å². The van der Waals surface area contributed by atoms with Gasteiger partial charge in [0.2, 0.25) is 0 Å². The van der Waals surface area contributed by atoms with Gasteiger partial charge in [0, 0.05) is 19.0 Å². The predicted molar refractivity (Wildman–Crippen MR) is 101 cm³/mol. The SMILES string of the molecule is Cc1cc(C2CCCN3CCS(=O)(=O)N=C23)ccc1-c1ccccc1. The third-order valence-corrected chi connectivity index (χ3v) is 6.31. The number of sulfonamides is 1. The molecular weight excluding hydrogens is 332 g/mol. The molecule has 1 saturated heterocycles. The lowest BCUT2D eigenvalue weighted by Gasteiger charge is -2.38. The second-order valence-corrected chi connectivity index (χ2v) is 8.61. The molecule has 0 aliphatic carbocycles. The first-order chi connectivity index (χ1) is 12.0. The zero-order chi connectivity index (χ0) is 17.4. The standard InChI is InChI=1S/C20H22N2O2S/c1-15-14-17(9-10-18(15)16-6-3-2-4-7-16)19-8-5-11-22-12-13-25(23,24)21-20(19)22/h2-4,6-7,9-10,14,19H,5,8,11-13H2,1H3. The highest BCUT2D eigenvalue weighted by molar-refractivity contribution is 7.90. The van der Waals surface area contributed by atoms with Crippen molar-refractivity contribution < 1.29 is 8.42 Å². The molecule has 1 fully saturated rings. The monoisotopic (exact) mass is 354 g/mol. The van der Waals surface area contributed by atoms with Crippen LogP contribution in [0.4, 0.5) is 0 Å². The van der Waals surface area contributed by atoms with Crippen LogP contribution in [0.1, 0.15) is 29.9 Å². The molecule has 1 unspecified atom stereocenters. The zero-order valence-electron chi connectivity index (χ0n) is 14.4. The molecule has 0 amide bonds. The molecule has 0 saturated carbocycles. The fourth-order valence-electron chi connectivity index (χ4n) is 3.87. The van der Waals surface area contributed by atoms with Gasteiger partial charge in [0.15, 0.2) is 0 Å². The lowest BCUT2D eigenvalue weighted by atomic mass is 9.87. The van der Waals surface area contributed by atoms with Gasteiger partial charge in [0.25, 0.3) is 10.0 Å². The van der Waals surface area contributed by atoms with Gasteiger partial charge in [0.05, 0.1) is 5.75 Å². The van der Waals surface area contributed by atoms with Gasteiger partial charge in [-0.05, 0) is 42.0 Å². The second-order valence-electron chi connectivity index (χ2n) is 6.86. The van der Waals surface area contributed by atoms with Crippen molar-refractivity contribution in [1.29, 1.82) is 0 Å². The Bertz CT molecular complexity index is 920. The molecule has 130 valence electrons. The van der Waals surface area contributed by atoms with Crippen molar-refractivity contribution in [1.82, 2.24) is 4.90 Å². The highest BCUT2D eigenvalue weighted by Crippen LogP contribution is 2.34. The van der Waals surface area contributed by atoms with Gasteiger partial charge >= 0.3 is 0 Å². The van der Waals surface area contributed by atoms with Gasteiger partial charge < -0.3 is 4.90 Å². The summed E-state index contributed by atoms with van der Waals surface area (Å²) in [6.07, 6.45) is 2.03. The molecule has 0 radical (unpaired) electrons. The Morgan fingerprint density at radius 1 is 1.08 bits per heavy atom. The lowest BCUT2D eigenvalue weighted by molar-refractivity contribution is 0.366. The summed E-state index contributed by atoms with van der Waals surface area (Å²) in [7, 11) is -3.31. The summed E-state index contributed by atoms with van der Waals surface area (Å²) in [5, 5.41) is 0. The lowest BCUT2D eigenvalue weighted by Crippen LogP contribution is -2.46. The molecule has 2 heterocycles. The summed E-state index contributed by atoms with van der Waals surface area (Å²) >= 11 is 0. The van der Waals surface area contributed by atoms with Crippen molar-refractivity contribution in [2.45, 2.75) is 25.7 Å². The van der Waals surface area contributed by atoms with E-state index in [1.54, 1.807) is 0 Å². The number of nitrogens with zero attached hydrogens (tertiary/aromatic N) is 2. The highest BCUT2D eigenvalue weighted by atomic mass is 32.2. The van der Waals surface area contributed by atoms with E-state index in [0.29, 0.717) is 6.54 Å². The molecule has 0 spiro atoms. The van der Waals surface area contributed by atoms with E-state index in [0.717, 1.165) is 30.8 Å². The minimum absolute atomic E-state index is 0.0762. The normalized spacial score (nSPS) is 22.2. The average molecular weight is 354 g/mol. The Kier molecular flexibility index (Phi) is 4.12. The van der Waals surface area contributed by atoms with Crippen LogP contribution >= 0.6 is 0 Å². The van der Waals surface area contributed by atoms with Crippen LogP contribution < -0.4 is 0 Å². The van der Waals surface area contributed by atoms with Crippen LogP contribution in [0.3, 0.4) is 0 Å². The van der Waals surface area contributed by atoms with Crippen molar-refractivity contribution in [3.63, 3.8) is 0 Å². The number of aryl methyl sites for hydroxylation is 1. The van der Waals surface area contributed by atoms with Crippen LogP contribution in [0.25, 0.3) is 11.1 Å². The maximum absolute atomic E-state index is 12.0. The number of piperidine rings is 1. The van der Waals surface area contributed by atoms with Gasteiger partial charge in [0.1, 0.15) is 5.84 Å². The summed E-state index contributed by atoms with van der Waals surface area (Å²) in [4.78, 5) is 2.15. The molecule has 2 aromatic rings. The molecule has 0 bridgehead atoms. The minimum Gasteiger partial charge on any atom is -0.358 e. The molecular formula is C20H22N2O2S. The van der Waals surface area contributed by atoms with Crippen molar-refractivity contribution in [2.75, 3.05) is 18.8 Å². The van der Waals surface area contributed by atoms with E-state index in [-0.39, 0.29) is 11.7 Å². The van der Waals surface area contributed by atoms with Crippen molar-refractivity contribution in [3.05, 3.63) is 59.7 Å². The van der Waals surface area contributed by atoms with E-state index < -0.39 is 10.0 Å². The molecule has 2 aliphatic rings. The molecule has 1 atom stereocenters. The van der Waals surface area contributed by atoms with Gasteiger partial charge in [-0.25, -0.2) is 8.42 Å². The third kappa shape index (κ3) is 3.21. The summed E-state index contributed by atoms with van der Waals surface area (Å²) in [5.41, 5.74) is 4.79. The number of benzene rings is 2. The number of fused-ring (bicyclic) bond motifs is 1. The van der Waals surface area contributed by atoms with E-state index in [2.05, 4.69) is 46.6 Å². The molecule has 25 heavy (non-hydrogen) atoms. The molecule has 5 heteroatoms. The largest absolute Gasteiger partial charge is 0.358 e. The maximum atomic E-state index is 12.0. The van der Waals surface area contributed by atoms with Crippen LogP contribution in [-0.2, 0) is 10.0 Å². The summed E-state index contributed by atoms with van der Waals surface area (Å²) in [6, 6.07) is 16.8. The van der Waals surface area contributed by atoms with Gasteiger partial charge in [-0.1, -0.05) is 48.5 Å². The quantitative estimate of drug-likeness (QED) is 0.828. The van der Waals surface area contributed by atoms with Gasteiger partial charge in [-0.3, -0.25) is 0 Å². The first-order valence-electron chi connectivity index (χ1n) is 8.77. The molecule has 2 aliphatic heterocycles. The Morgan fingerprint density at radius 2 is 1.88 bits per heavy atom. The average Bonchev–Trinajstić information content (AvgIpc) is 2.61.